The van der Waals surface area contributed by atoms with Gasteiger partial charge in [-0.15, -0.1) is 11.3 Å². The van der Waals surface area contributed by atoms with Gasteiger partial charge in [-0.1, -0.05) is 6.07 Å². The van der Waals surface area contributed by atoms with Crippen molar-refractivity contribution in [2.45, 2.75) is 56.3 Å². The normalized spacial score (nSPS) is 31.7. The van der Waals surface area contributed by atoms with Crippen molar-refractivity contribution in [1.82, 2.24) is 0 Å². The summed E-state index contributed by atoms with van der Waals surface area (Å²) in [5.41, 5.74) is -1.20. The van der Waals surface area contributed by atoms with Gasteiger partial charge in [-0.3, -0.25) is 0 Å². The van der Waals surface area contributed by atoms with Gasteiger partial charge >= 0.3 is 5.97 Å². The summed E-state index contributed by atoms with van der Waals surface area (Å²) in [5.74, 6) is -0.611. The van der Waals surface area contributed by atoms with Crippen LogP contribution in [0.25, 0.3) is 0 Å². The second kappa shape index (κ2) is 6.67. The van der Waals surface area contributed by atoms with Crippen LogP contribution in [0.4, 0.5) is 0 Å². The highest BCUT2D eigenvalue weighted by molar-refractivity contribution is 7.10. The lowest BCUT2D eigenvalue weighted by molar-refractivity contribution is -0.930. The van der Waals surface area contributed by atoms with Crippen molar-refractivity contribution in [2.75, 3.05) is 14.1 Å². The first kappa shape index (κ1) is 19.1. The van der Waals surface area contributed by atoms with Gasteiger partial charge in [-0.05, 0) is 42.1 Å². The number of hydrogen-bond acceptors (Lipinski definition) is 6. The van der Waals surface area contributed by atoms with Crippen molar-refractivity contribution in [3.05, 3.63) is 44.8 Å². The number of hydrogen-bond donors (Lipinski definition) is 1. The molecule has 2 aromatic heterocycles. The summed E-state index contributed by atoms with van der Waals surface area (Å²) in [5, 5.41) is 16.8. The molecule has 0 radical (unpaired) electrons. The van der Waals surface area contributed by atoms with Crippen molar-refractivity contribution in [2.24, 2.45) is 0 Å². The number of epoxide rings is 1. The molecule has 4 rings (SSSR count). The molecule has 2 fully saturated rings. The Kier molecular flexibility index (Phi) is 4.71. The van der Waals surface area contributed by atoms with Crippen LogP contribution in [0.2, 0.25) is 0 Å². The van der Waals surface area contributed by atoms with Crippen molar-refractivity contribution >= 4 is 28.6 Å². The Balaban J connectivity index is 1.50. The molecule has 0 bridgehead atoms. The number of morpholine rings is 1. The lowest BCUT2D eigenvalue weighted by Gasteiger charge is -2.39. The molecule has 2 aromatic rings. The van der Waals surface area contributed by atoms with Crippen molar-refractivity contribution < 1.29 is 23.9 Å². The number of carbonyl (C=O) groups is 1. The first-order chi connectivity index (χ1) is 12.8. The standard InChI is InChI=1S/C20H26NO4S2/c1-12(10-15-18-17(25-18)13(2)21(15,3)4)24-19(22)20(23,14-7-9-26-11-14)16-6-5-8-27-16/h5-9,11-13,15,17-18,23H,10H2,1-4H3/q+1/t12-,13-,15-,17-,18+,20?/m1/s1. The fourth-order valence-electron chi connectivity index (χ4n) is 4.27. The summed E-state index contributed by atoms with van der Waals surface area (Å²) in [6.45, 7) is 4.12. The first-order valence-electron chi connectivity index (χ1n) is 9.25. The van der Waals surface area contributed by atoms with E-state index in [9.17, 15) is 9.90 Å². The number of aliphatic hydroxyl groups is 1. The second-order valence-corrected chi connectivity index (χ2v) is 9.88. The number of ether oxygens (including phenoxy) is 2. The molecule has 0 spiro atoms. The first-order valence-corrected chi connectivity index (χ1v) is 11.1. The van der Waals surface area contributed by atoms with E-state index in [0.29, 0.717) is 35.0 Å². The number of likely N-dealkylation sites (tertiary alicyclic amines) is 1. The van der Waals surface area contributed by atoms with Crippen LogP contribution >= 0.6 is 22.7 Å². The SMILES string of the molecule is C[C@H](C[C@@H]1[C@@H]2O[C@@H]2[C@@H](C)[N+]1(C)C)OC(=O)C(O)(c1ccsc1)c1cccs1. The van der Waals surface area contributed by atoms with Gasteiger partial charge in [0.25, 0.3) is 0 Å². The molecule has 27 heavy (non-hydrogen) atoms. The summed E-state index contributed by atoms with van der Waals surface area (Å²) < 4.78 is 12.5. The average molecular weight is 409 g/mol. The number of carbonyl (C=O) groups excluding carboxylic acids is 1. The van der Waals surface area contributed by atoms with E-state index in [1.807, 2.05) is 23.8 Å². The number of quaternary nitrogens is 1. The summed E-state index contributed by atoms with van der Waals surface area (Å²) >= 11 is 2.80. The number of thiophene rings is 2. The summed E-state index contributed by atoms with van der Waals surface area (Å²) in [4.78, 5) is 13.6. The third-order valence-corrected chi connectivity index (χ3v) is 7.98. The molecule has 5 nitrogen and oxygen atoms in total. The predicted molar refractivity (Wildman–Crippen MR) is 106 cm³/mol. The topological polar surface area (TPSA) is 59.1 Å². The third kappa shape index (κ3) is 3.06. The summed E-state index contributed by atoms with van der Waals surface area (Å²) in [7, 11) is 4.43. The van der Waals surface area contributed by atoms with E-state index in [4.69, 9.17) is 9.47 Å². The average Bonchev–Trinajstić information content (AvgIpc) is 3.01. The van der Waals surface area contributed by atoms with Crippen LogP contribution in [0, 0.1) is 0 Å². The van der Waals surface area contributed by atoms with Crippen LogP contribution in [-0.2, 0) is 19.9 Å². The van der Waals surface area contributed by atoms with Crippen LogP contribution in [0.5, 0.6) is 0 Å². The van der Waals surface area contributed by atoms with Crippen molar-refractivity contribution in [3.63, 3.8) is 0 Å². The van der Waals surface area contributed by atoms with Crippen LogP contribution in [0.15, 0.2) is 34.3 Å². The monoisotopic (exact) mass is 408 g/mol. The molecule has 4 heterocycles. The number of nitrogens with zero attached hydrogens (tertiary/aromatic N) is 1. The van der Waals surface area contributed by atoms with Crippen LogP contribution in [0.3, 0.4) is 0 Å². The Bertz CT molecular complexity index is 768. The lowest BCUT2D eigenvalue weighted by atomic mass is 9.94. The molecule has 7 heteroatoms. The molecular formula is C20H26NO4S2+. The zero-order valence-electron chi connectivity index (χ0n) is 16.0. The highest BCUT2D eigenvalue weighted by Gasteiger charge is 2.66. The number of esters is 1. The lowest BCUT2D eigenvalue weighted by Crippen LogP contribution is -2.54. The predicted octanol–water partition coefficient (Wildman–Crippen LogP) is 2.98. The highest BCUT2D eigenvalue weighted by atomic mass is 32.1. The van der Waals surface area contributed by atoms with Gasteiger partial charge in [0.1, 0.15) is 30.4 Å². The molecule has 0 aromatic carbocycles. The maximum Gasteiger partial charge on any atom is 0.348 e. The van der Waals surface area contributed by atoms with E-state index in [2.05, 4.69) is 21.0 Å². The van der Waals surface area contributed by atoms with Gasteiger partial charge in [-0.2, -0.15) is 11.3 Å². The largest absolute Gasteiger partial charge is 0.460 e. The van der Waals surface area contributed by atoms with Gasteiger partial charge in [-0.25, -0.2) is 4.79 Å². The Morgan fingerprint density at radius 1 is 1.37 bits per heavy atom. The quantitative estimate of drug-likeness (QED) is 0.454. The number of fused-ring (bicyclic) bond motifs is 1. The Labute approximate surface area is 167 Å². The van der Waals surface area contributed by atoms with E-state index in [0.717, 1.165) is 4.48 Å². The summed E-state index contributed by atoms with van der Waals surface area (Å²) in [6.07, 6.45) is 0.986. The van der Waals surface area contributed by atoms with Gasteiger partial charge in [0.2, 0.25) is 5.60 Å². The minimum Gasteiger partial charge on any atom is -0.460 e. The zero-order valence-corrected chi connectivity index (χ0v) is 17.6. The molecule has 146 valence electrons. The third-order valence-electron chi connectivity index (χ3n) is 6.31. The minimum atomic E-state index is -1.76. The van der Waals surface area contributed by atoms with Gasteiger partial charge in [0, 0.05) is 12.0 Å². The molecular weight excluding hydrogens is 382 g/mol. The molecule has 1 N–H and O–H groups in total. The molecule has 0 amide bonds. The smallest absolute Gasteiger partial charge is 0.348 e. The highest BCUT2D eigenvalue weighted by Crippen LogP contribution is 2.46. The Morgan fingerprint density at radius 2 is 2.15 bits per heavy atom. The number of likely N-dealkylation sites (N-methyl/N-ethyl adjacent to an activating group) is 1. The van der Waals surface area contributed by atoms with E-state index < -0.39 is 11.6 Å². The summed E-state index contributed by atoms with van der Waals surface area (Å²) in [6, 6.07) is 6.12. The fourth-order valence-corrected chi connectivity index (χ4v) is 5.80. The minimum absolute atomic E-state index is 0.254. The molecule has 2 aliphatic heterocycles. The molecule has 0 aliphatic carbocycles. The maximum absolute atomic E-state index is 13.1. The van der Waals surface area contributed by atoms with E-state index in [1.54, 1.807) is 17.5 Å². The molecule has 1 unspecified atom stereocenters. The van der Waals surface area contributed by atoms with Gasteiger partial charge in [0.05, 0.1) is 19.0 Å². The van der Waals surface area contributed by atoms with E-state index in [1.165, 1.54) is 22.7 Å². The van der Waals surface area contributed by atoms with E-state index in [-0.39, 0.29) is 12.2 Å². The van der Waals surface area contributed by atoms with Gasteiger partial charge < -0.3 is 19.1 Å². The van der Waals surface area contributed by atoms with Crippen molar-refractivity contribution in [1.29, 1.82) is 0 Å². The maximum atomic E-state index is 13.1. The van der Waals surface area contributed by atoms with Crippen molar-refractivity contribution in [3.8, 4) is 0 Å². The molecule has 2 saturated heterocycles. The molecule has 0 saturated carbocycles. The number of rotatable bonds is 6. The zero-order chi connectivity index (χ0) is 19.4. The van der Waals surface area contributed by atoms with Gasteiger partial charge in [0.15, 0.2) is 0 Å². The van der Waals surface area contributed by atoms with Crippen LogP contribution in [0.1, 0.15) is 30.7 Å². The second-order valence-electron chi connectivity index (χ2n) is 8.15. The molecule has 6 atom stereocenters. The molecule has 2 aliphatic rings. The van der Waals surface area contributed by atoms with E-state index >= 15 is 0 Å². The fraction of sp³-hybridized carbons (Fsp3) is 0.550. The Morgan fingerprint density at radius 3 is 2.70 bits per heavy atom. The van der Waals surface area contributed by atoms with Crippen LogP contribution < -0.4 is 0 Å². The van der Waals surface area contributed by atoms with Crippen LogP contribution in [-0.4, -0.2) is 60.0 Å². The Hall–Kier alpha value is -1.25.